The maximum atomic E-state index is 12.8. The fourth-order valence-electron chi connectivity index (χ4n) is 3.13. The number of likely N-dealkylation sites (tertiary alicyclic amines) is 1. The van der Waals surface area contributed by atoms with Gasteiger partial charge < -0.3 is 19.6 Å². The third kappa shape index (κ3) is 3.78. The minimum atomic E-state index is -0.693. The molecule has 1 fully saturated rings. The number of likely N-dealkylation sites (N-methyl/N-ethyl adjacent to an activating group) is 1. The molecule has 1 aromatic heterocycles. The maximum Gasteiger partial charge on any atom is 0.295 e. The van der Waals surface area contributed by atoms with Gasteiger partial charge in [-0.3, -0.25) is 9.59 Å². The topological polar surface area (TPSA) is 70.1 Å². The highest BCUT2D eigenvalue weighted by Crippen LogP contribution is 2.41. The van der Waals surface area contributed by atoms with Gasteiger partial charge in [0.25, 0.3) is 11.7 Å². The van der Waals surface area contributed by atoms with Gasteiger partial charge in [0.15, 0.2) is 0 Å². The molecule has 0 radical (unpaired) electrons. The van der Waals surface area contributed by atoms with Crippen LogP contribution in [0.1, 0.15) is 16.5 Å². The highest BCUT2D eigenvalue weighted by atomic mass is 35.5. The third-order valence-electron chi connectivity index (χ3n) is 4.57. The lowest BCUT2D eigenvalue weighted by Crippen LogP contribution is -2.35. The molecule has 1 aliphatic rings. The zero-order valence-electron chi connectivity index (χ0n) is 15.8. The Kier molecular flexibility index (Phi) is 6.07. The zero-order valence-corrected chi connectivity index (χ0v) is 17.4. The molecule has 2 aromatic rings. The molecule has 1 N–H and O–H groups in total. The molecule has 0 saturated carbocycles. The van der Waals surface area contributed by atoms with Crippen LogP contribution in [0.2, 0.25) is 5.02 Å². The lowest BCUT2D eigenvalue weighted by atomic mass is 10.00. The van der Waals surface area contributed by atoms with Crippen LogP contribution in [0.25, 0.3) is 5.76 Å². The van der Waals surface area contributed by atoms with E-state index in [1.165, 1.54) is 29.4 Å². The molecule has 1 aliphatic heterocycles. The Balaban J connectivity index is 2.10. The van der Waals surface area contributed by atoms with E-state index in [0.717, 1.165) is 4.88 Å². The molecule has 6 nitrogen and oxygen atoms in total. The van der Waals surface area contributed by atoms with Crippen LogP contribution in [-0.4, -0.2) is 60.9 Å². The molecule has 0 unspecified atom stereocenters. The largest absolute Gasteiger partial charge is 0.507 e. The molecule has 0 aliphatic carbocycles. The molecule has 3 rings (SSSR count). The smallest absolute Gasteiger partial charge is 0.295 e. The number of Topliss-reactive ketones (excluding diaryl/α,β-unsaturated/α-hetero) is 1. The monoisotopic (exact) mass is 420 g/mol. The molecule has 2 heterocycles. The Morgan fingerprint density at radius 1 is 1.32 bits per heavy atom. The molecule has 1 atom stereocenters. The fraction of sp³-hybridized carbons (Fsp3) is 0.300. The quantitative estimate of drug-likeness (QED) is 0.440. The Labute approximate surface area is 172 Å². The van der Waals surface area contributed by atoms with Crippen molar-refractivity contribution in [3.8, 4) is 5.75 Å². The van der Waals surface area contributed by atoms with Crippen molar-refractivity contribution in [1.29, 1.82) is 0 Å². The second-order valence-corrected chi connectivity index (χ2v) is 8.05. The van der Waals surface area contributed by atoms with Crippen molar-refractivity contribution in [3.05, 3.63) is 56.7 Å². The van der Waals surface area contributed by atoms with Gasteiger partial charge in [-0.05, 0) is 43.7 Å². The normalized spacial score (nSPS) is 18.9. The first-order chi connectivity index (χ1) is 13.3. The van der Waals surface area contributed by atoms with Gasteiger partial charge in [-0.1, -0.05) is 17.7 Å². The van der Waals surface area contributed by atoms with Gasteiger partial charge in [0.05, 0.1) is 23.7 Å². The van der Waals surface area contributed by atoms with Gasteiger partial charge in [0.2, 0.25) is 0 Å². The van der Waals surface area contributed by atoms with Crippen molar-refractivity contribution in [2.45, 2.75) is 6.04 Å². The summed E-state index contributed by atoms with van der Waals surface area (Å²) in [6.45, 7) is 0.976. The second-order valence-electron chi connectivity index (χ2n) is 6.66. The number of carbonyl (C=O) groups is 2. The lowest BCUT2D eigenvalue weighted by molar-refractivity contribution is -0.140. The Morgan fingerprint density at radius 3 is 2.64 bits per heavy atom. The number of ether oxygens (including phenoxy) is 1. The minimum absolute atomic E-state index is 0.0763. The van der Waals surface area contributed by atoms with Crippen LogP contribution in [0.15, 0.2) is 41.3 Å². The summed E-state index contributed by atoms with van der Waals surface area (Å²) in [6.07, 6.45) is 0. The van der Waals surface area contributed by atoms with E-state index in [-0.39, 0.29) is 11.3 Å². The van der Waals surface area contributed by atoms with E-state index < -0.39 is 17.7 Å². The number of hydrogen-bond acceptors (Lipinski definition) is 6. The summed E-state index contributed by atoms with van der Waals surface area (Å²) in [7, 11) is 5.29. The van der Waals surface area contributed by atoms with Crippen molar-refractivity contribution < 1.29 is 19.4 Å². The van der Waals surface area contributed by atoms with E-state index in [2.05, 4.69) is 0 Å². The number of carbonyl (C=O) groups excluding carboxylic acids is 2. The molecular weight excluding hydrogens is 400 g/mol. The van der Waals surface area contributed by atoms with Gasteiger partial charge in [0.1, 0.15) is 11.5 Å². The first-order valence-electron chi connectivity index (χ1n) is 8.65. The van der Waals surface area contributed by atoms with Crippen LogP contribution in [0.4, 0.5) is 0 Å². The van der Waals surface area contributed by atoms with Crippen LogP contribution in [-0.2, 0) is 9.59 Å². The van der Waals surface area contributed by atoms with Crippen LogP contribution in [0.5, 0.6) is 5.75 Å². The van der Waals surface area contributed by atoms with Crippen LogP contribution >= 0.6 is 22.9 Å². The van der Waals surface area contributed by atoms with Crippen LogP contribution in [0.3, 0.4) is 0 Å². The van der Waals surface area contributed by atoms with E-state index in [1.54, 1.807) is 12.1 Å². The Morgan fingerprint density at radius 2 is 2.07 bits per heavy atom. The van der Waals surface area contributed by atoms with Gasteiger partial charge in [0, 0.05) is 23.5 Å². The maximum absolute atomic E-state index is 12.8. The summed E-state index contributed by atoms with van der Waals surface area (Å²) in [5.41, 5.74) is 0.436. The summed E-state index contributed by atoms with van der Waals surface area (Å²) in [5, 5.41) is 13.1. The first kappa shape index (κ1) is 20.4. The highest BCUT2D eigenvalue weighted by Gasteiger charge is 2.46. The molecule has 8 heteroatoms. The number of aliphatic hydroxyl groups excluding tert-OH is 1. The number of rotatable bonds is 6. The minimum Gasteiger partial charge on any atom is -0.507 e. The first-order valence-corrected chi connectivity index (χ1v) is 9.91. The molecular formula is C20H21ClN2O4S. The molecule has 1 aromatic carbocycles. The number of amides is 1. The van der Waals surface area contributed by atoms with E-state index in [1.807, 2.05) is 36.5 Å². The number of aliphatic hydroxyl groups is 1. The highest BCUT2D eigenvalue weighted by molar-refractivity contribution is 7.10. The molecule has 0 bridgehead atoms. The van der Waals surface area contributed by atoms with Crippen LogP contribution < -0.4 is 4.74 Å². The summed E-state index contributed by atoms with van der Waals surface area (Å²) >= 11 is 7.61. The molecule has 28 heavy (non-hydrogen) atoms. The number of ketones is 1. The lowest BCUT2D eigenvalue weighted by Gasteiger charge is -2.25. The van der Waals surface area contributed by atoms with Crippen molar-refractivity contribution in [1.82, 2.24) is 9.80 Å². The van der Waals surface area contributed by atoms with E-state index >= 15 is 0 Å². The average molecular weight is 421 g/mol. The SMILES string of the molecule is COc1ccc(/C(O)=C2\C(=O)C(=O)N(CCN(C)C)[C@@H]2c2cccs2)cc1Cl. The zero-order chi connectivity index (χ0) is 20.4. The van der Waals surface area contributed by atoms with E-state index in [4.69, 9.17) is 16.3 Å². The van der Waals surface area contributed by atoms with Crippen molar-refractivity contribution in [3.63, 3.8) is 0 Å². The average Bonchev–Trinajstić information content (AvgIpc) is 3.27. The van der Waals surface area contributed by atoms with Crippen molar-refractivity contribution in [2.24, 2.45) is 0 Å². The molecule has 1 amide bonds. The summed E-state index contributed by atoms with van der Waals surface area (Å²) in [4.78, 5) is 29.8. The standard InChI is InChI=1S/C20H21ClN2O4S/c1-22(2)8-9-23-17(15-5-4-10-28-15)16(19(25)20(23)26)18(24)12-6-7-14(27-3)13(21)11-12/h4-7,10-11,17,24H,8-9H2,1-3H3/b18-16+/t17-/m1/s1. The van der Waals surface area contributed by atoms with E-state index in [9.17, 15) is 14.7 Å². The molecule has 148 valence electrons. The third-order valence-corrected chi connectivity index (χ3v) is 5.79. The predicted octanol–water partition coefficient (Wildman–Crippen LogP) is 3.39. The number of benzene rings is 1. The Bertz CT molecular complexity index is 924. The van der Waals surface area contributed by atoms with E-state index in [0.29, 0.717) is 29.4 Å². The number of halogens is 1. The Hall–Kier alpha value is -2.35. The van der Waals surface area contributed by atoms with Gasteiger partial charge in [-0.15, -0.1) is 11.3 Å². The van der Waals surface area contributed by atoms with Gasteiger partial charge >= 0.3 is 0 Å². The fourth-order valence-corrected chi connectivity index (χ4v) is 4.23. The number of methoxy groups -OCH3 is 1. The van der Waals surface area contributed by atoms with Gasteiger partial charge in [-0.25, -0.2) is 0 Å². The molecule has 1 saturated heterocycles. The van der Waals surface area contributed by atoms with Crippen LogP contribution in [0, 0.1) is 0 Å². The summed E-state index contributed by atoms with van der Waals surface area (Å²) in [6, 6.07) is 7.84. The second kappa shape index (κ2) is 8.34. The number of thiophene rings is 1. The summed E-state index contributed by atoms with van der Waals surface area (Å²) < 4.78 is 5.13. The number of hydrogen-bond donors (Lipinski definition) is 1. The summed E-state index contributed by atoms with van der Waals surface area (Å²) in [5.74, 6) is -1.09. The van der Waals surface area contributed by atoms with Crippen molar-refractivity contribution in [2.75, 3.05) is 34.3 Å². The number of nitrogens with zero attached hydrogens (tertiary/aromatic N) is 2. The van der Waals surface area contributed by atoms with Gasteiger partial charge in [-0.2, -0.15) is 0 Å². The predicted molar refractivity (Wildman–Crippen MR) is 110 cm³/mol. The van der Waals surface area contributed by atoms with Crippen molar-refractivity contribution >= 4 is 40.4 Å². The molecule has 0 spiro atoms.